The number of rotatable bonds is 4. The van der Waals surface area contributed by atoms with Crippen LogP contribution in [-0.4, -0.2) is 20.9 Å². The zero-order chi connectivity index (χ0) is 15.4. The first kappa shape index (κ1) is 14.9. The maximum Gasteiger partial charge on any atom is 0.272 e. The molecule has 0 unspecified atom stereocenters. The van der Waals surface area contributed by atoms with Crippen LogP contribution in [0.15, 0.2) is 24.5 Å². The number of amides is 1. The SMILES string of the molecule is Cc1ccc(CNC(=O)c2nc(C(C)C)ncc2N)cn1. The molecular weight excluding hydrogens is 266 g/mol. The molecule has 110 valence electrons. The van der Waals surface area contributed by atoms with Crippen LogP contribution in [-0.2, 0) is 6.54 Å². The minimum absolute atomic E-state index is 0.137. The van der Waals surface area contributed by atoms with Crippen molar-refractivity contribution in [2.75, 3.05) is 5.73 Å². The van der Waals surface area contributed by atoms with Crippen LogP contribution in [0.4, 0.5) is 5.69 Å². The molecule has 0 saturated carbocycles. The Morgan fingerprint density at radius 1 is 1.29 bits per heavy atom. The van der Waals surface area contributed by atoms with Crippen molar-refractivity contribution in [3.8, 4) is 0 Å². The number of aryl methyl sites for hydroxylation is 1. The number of hydrogen-bond acceptors (Lipinski definition) is 5. The van der Waals surface area contributed by atoms with Crippen LogP contribution < -0.4 is 11.1 Å². The Bertz CT molecular complexity index is 637. The van der Waals surface area contributed by atoms with Gasteiger partial charge in [0.1, 0.15) is 5.82 Å². The van der Waals surface area contributed by atoms with E-state index in [2.05, 4.69) is 20.3 Å². The standard InChI is InChI=1S/C15H19N5O/c1-9(2)14-18-8-12(16)13(20-14)15(21)19-7-11-5-4-10(3)17-6-11/h4-6,8-9H,7,16H2,1-3H3,(H,19,21). The summed E-state index contributed by atoms with van der Waals surface area (Å²) < 4.78 is 0. The Hall–Kier alpha value is -2.50. The molecule has 2 aromatic rings. The van der Waals surface area contributed by atoms with Gasteiger partial charge in [-0.3, -0.25) is 9.78 Å². The fourth-order valence-corrected chi connectivity index (χ4v) is 1.73. The average Bonchev–Trinajstić information content (AvgIpc) is 2.46. The van der Waals surface area contributed by atoms with Crippen molar-refractivity contribution in [2.45, 2.75) is 33.2 Å². The van der Waals surface area contributed by atoms with E-state index < -0.39 is 0 Å². The molecule has 0 aromatic carbocycles. The summed E-state index contributed by atoms with van der Waals surface area (Å²) in [5, 5.41) is 2.79. The summed E-state index contributed by atoms with van der Waals surface area (Å²) >= 11 is 0. The molecule has 0 bridgehead atoms. The molecule has 2 rings (SSSR count). The third-order valence-electron chi connectivity index (χ3n) is 2.99. The van der Waals surface area contributed by atoms with Crippen LogP contribution in [0.5, 0.6) is 0 Å². The van der Waals surface area contributed by atoms with Crippen molar-refractivity contribution in [3.05, 3.63) is 47.3 Å². The average molecular weight is 285 g/mol. The summed E-state index contributed by atoms with van der Waals surface area (Å²) in [6.45, 7) is 6.22. The highest BCUT2D eigenvalue weighted by Gasteiger charge is 2.14. The molecule has 0 aliphatic carbocycles. The van der Waals surface area contributed by atoms with Crippen molar-refractivity contribution in [1.29, 1.82) is 0 Å². The summed E-state index contributed by atoms with van der Waals surface area (Å²) in [7, 11) is 0. The van der Waals surface area contributed by atoms with Crippen molar-refractivity contribution >= 4 is 11.6 Å². The summed E-state index contributed by atoms with van der Waals surface area (Å²) in [6, 6.07) is 3.82. The first-order valence-corrected chi connectivity index (χ1v) is 6.79. The molecule has 2 aromatic heterocycles. The van der Waals surface area contributed by atoms with Gasteiger partial charge in [0.05, 0.1) is 11.9 Å². The predicted molar refractivity (Wildman–Crippen MR) is 80.7 cm³/mol. The highest BCUT2D eigenvalue weighted by molar-refractivity contribution is 5.96. The van der Waals surface area contributed by atoms with Crippen LogP contribution in [0, 0.1) is 6.92 Å². The molecule has 0 aliphatic rings. The second-order valence-electron chi connectivity index (χ2n) is 5.18. The largest absolute Gasteiger partial charge is 0.396 e. The van der Waals surface area contributed by atoms with Gasteiger partial charge in [0.2, 0.25) is 0 Å². The third-order valence-corrected chi connectivity index (χ3v) is 2.99. The number of nitrogens with zero attached hydrogens (tertiary/aromatic N) is 3. The Kier molecular flexibility index (Phi) is 4.47. The van der Waals surface area contributed by atoms with Crippen LogP contribution in [0.1, 0.15) is 47.3 Å². The smallest absolute Gasteiger partial charge is 0.272 e. The minimum Gasteiger partial charge on any atom is -0.396 e. The highest BCUT2D eigenvalue weighted by atomic mass is 16.1. The van der Waals surface area contributed by atoms with E-state index in [-0.39, 0.29) is 23.2 Å². The normalized spacial score (nSPS) is 10.7. The topological polar surface area (TPSA) is 93.8 Å². The van der Waals surface area contributed by atoms with Gasteiger partial charge in [0.15, 0.2) is 5.69 Å². The number of carbonyl (C=O) groups excluding carboxylic acids is 1. The zero-order valence-corrected chi connectivity index (χ0v) is 12.4. The molecule has 0 fully saturated rings. The summed E-state index contributed by atoms with van der Waals surface area (Å²) in [6.07, 6.45) is 3.21. The molecule has 0 atom stereocenters. The molecule has 2 heterocycles. The molecule has 1 amide bonds. The zero-order valence-electron chi connectivity index (χ0n) is 12.4. The van der Waals surface area contributed by atoms with Crippen LogP contribution >= 0.6 is 0 Å². The van der Waals surface area contributed by atoms with E-state index in [1.165, 1.54) is 6.20 Å². The molecular formula is C15H19N5O. The second kappa shape index (κ2) is 6.30. The van der Waals surface area contributed by atoms with E-state index in [1.54, 1.807) is 6.20 Å². The number of nitrogens with one attached hydrogen (secondary N) is 1. The quantitative estimate of drug-likeness (QED) is 0.893. The van der Waals surface area contributed by atoms with Gasteiger partial charge in [0.25, 0.3) is 5.91 Å². The van der Waals surface area contributed by atoms with E-state index in [4.69, 9.17) is 5.73 Å². The summed E-state index contributed by atoms with van der Waals surface area (Å²) in [4.78, 5) is 24.7. The van der Waals surface area contributed by atoms with E-state index >= 15 is 0 Å². The van der Waals surface area contributed by atoms with Gasteiger partial charge in [-0.15, -0.1) is 0 Å². The van der Waals surface area contributed by atoms with Gasteiger partial charge >= 0.3 is 0 Å². The van der Waals surface area contributed by atoms with Gasteiger partial charge in [-0.25, -0.2) is 9.97 Å². The number of aromatic nitrogens is 3. The van der Waals surface area contributed by atoms with Crippen molar-refractivity contribution in [1.82, 2.24) is 20.3 Å². The lowest BCUT2D eigenvalue weighted by Gasteiger charge is -2.09. The molecule has 0 radical (unpaired) electrons. The van der Waals surface area contributed by atoms with Crippen molar-refractivity contribution in [3.63, 3.8) is 0 Å². The lowest BCUT2D eigenvalue weighted by molar-refractivity contribution is 0.0946. The van der Waals surface area contributed by atoms with Crippen LogP contribution in [0.2, 0.25) is 0 Å². The second-order valence-corrected chi connectivity index (χ2v) is 5.18. The number of hydrogen-bond donors (Lipinski definition) is 2. The molecule has 6 heteroatoms. The number of anilines is 1. The number of nitrogens with two attached hydrogens (primary N) is 1. The lowest BCUT2D eigenvalue weighted by atomic mass is 10.2. The Morgan fingerprint density at radius 3 is 2.67 bits per heavy atom. The summed E-state index contributed by atoms with van der Waals surface area (Å²) in [5.41, 5.74) is 8.13. The fourth-order valence-electron chi connectivity index (χ4n) is 1.73. The molecule has 0 aliphatic heterocycles. The van der Waals surface area contributed by atoms with Gasteiger partial charge in [-0.2, -0.15) is 0 Å². The number of nitrogen functional groups attached to an aromatic ring is 1. The predicted octanol–water partition coefficient (Wildman–Crippen LogP) is 1.82. The van der Waals surface area contributed by atoms with Crippen molar-refractivity contribution < 1.29 is 4.79 Å². The lowest BCUT2D eigenvalue weighted by Crippen LogP contribution is -2.25. The summed E-state index contributed by atoms with van der Waals surface area (Å²) in [5.74, 6) is 0.433. The van der Waals surface area contributed by atoms with E-state index in [9.17, 15) is 4.79 Å². The molecule has 0 spiro atoms. The molecule has 3 N–H and O–H groups in total. The Morgan fingerprint density at radius 2 is 2.05 bits per heavy atom. The maximum atomic E-state index is 12.2. The van der Waals surface area contributed by atoms with E-state index in [0.29, 0.717) is 12.4 Å². The third kappa shape index (κ3) is 3.75. The van der Waals surface area contributed by atoms with E-state index in [1.807, 2.05) is 32.9 Å². The highest BCUT2D eigenvalue weighted by Crippen LogP contribution is 2.13. The molecule has 0 saturated heterocycles. The monoisotopic (exact) mass is 285 g/mol. The van der Waals surface area contributed by atoms with Gasteiger partial charge < -0.3 is 11.1 Å². The van der Waals surface area contributed by atoms with Gasteiger partial charge in [0, 0.05) is 24.4 Å². The van der Waals surface area contributed by atoms with Gasteiger partial charge in [-0.05, 0) is 18.6 Å². The number of pyridine rings is 1. The fraction of sp³-hybridized carbons (Fsp3) is 0.333. The van der Waals surface area contributed by atoms with Crippen molar-refractivity contribution in [2.24, 2.45) is 0 Å². The first-order valence-electron chi connectivity index (χ1n) is 6.79. The maximum absolute atomic E-state index is 12.2. The molecule has 6 nitrogen and oxygen atoms in total. The first-order chi connectivity index (χ1) is 9.97. The van der Waals surface area contributed by atoms with Gasteiger partial charge in [-0.1, -0.05) is 19.9 Å². The molecule has 21 heavy (non-hydrogen) atoms. The van der Waals surface area contributed by atoms with Crippen LogP contribution in [0.25, 0.3) is 0 Å². The Labute approximate surface area is 123 Å². The van der Waals surface area contributed by atoms with E-state index in [0.717, 1.165) is 11.3 Å². The van der Waals surface area contributed by atoms with Crippen LogP contribution in [0.3, 0.4) is 0 Å². The minimum atomic E-state index is -0.308. The Balaban J connectivity index is 2.09. The number of carbonyl (C=O) groups is 1.